The van der Waals surface area contributed by atoms with Crippen LogP contribution in [0.2, 0.25) is 0 Å². The number of hydrogen-bond donors (Lipinski definition) is 0. The minimum absolute atomic E-state index is 0.301. The van der Waals surface area contributed by atoms with Gasteiger partial charge in [0.1, 0.15) is 5.82 Å². The number of nitrogens with zero attached hydrogens (tertiary/aromatic N) is 1. The SMILES string of the molecule is COc1cc(F)ccn1. The molecule has 0 spiro atoms. The van der Waals surface area contributed by atoms with Crippen LogP contribution in [0.25, 0.3) is 0 Å². The van der Waals surface area contributed by atoms with Gasteiger partial charge in [-0.3, -0.25) is 0 Å². The zero-order chi connectivity index (χ0) is 6.69. The maximum atomic E-state index is 12.2. The lowest BCUT2D eigenvalue weighted by Crippen LogP contribution is -1.86. The molecule has 0 N–H and O–H groups in total. The van der Waals surface area contributed by atoms with E-state index in [1.807, 2.05) is 0 Å². The Kier molecular flexibility index (Phi) is 1.63. The maximum absolute atomic E-state index is 12.2. The average Bonchev–Trinajstić information content (AvgIpc) is 1.88. The van der Waals surface area contributed by atoms with Crippen LogP contribution in [-0.4, -0.2) is 12.1 Å². The van der Waals surface area contributed by atoms with Crippen LogP contribution in [0.4, 0.5) is 4.39 Å². The van der Waals surface area contributed by atoms with Gasteiger partial charge in [-0.05, 0) is 6.07 Å². The summed E-state index contributed by atoms with van der Waals surface area (Å²) < 4.78 is 16.9. The molecule has 0 aromatic carbocycles. The summed E-state index contributed by atoms with van der Waals surface area (Å²) in [6.07, 6.45) is 1.36. The Morgan fingerprint density at radius 2 is 2.44 bits per heavy atom. The van der Waals surface area contributed by atoms with Crippen molar-refractivity contribution in [2.45, 2.75) is 0 Å². The van der Waals surface area contributed by atoms with Gasteiger partial charge in [-0.15, -0.1) is 0 Å². The molecule has 1 rings (SSSR count). The van der Waals surface area contributed by atoms with Crippen molar-refractivity contribution in [3.8, 4) is 5.88 Å². The molecule has 1 aromatic heterocycles. The van der Waals surface area contributed by atoms with Crippen molar-refractivity contribution in [1.82, 2.24) is 4.98 Å². The monoisotopic (exact) mass is 127 g/mol. The number of ether oxygens (including phenoxy) is 1. The van der Waals surface area contributed by atoms with Crippen LogP contribution in [0.5, 0.6) is 5.88 Å². The van der Waals surface area contributed by atoms with E-state index < -0.39 is 0 Å². The van der Waals surface area contributed by atoms with Gasteiger partial charge < -0.3 is 4.74 Å². The lowest BCUT2D eigenvalue weighted by molar-refractivity contribution is 0.394. The minimum atomic E-state index is -0.332. The molecule has 0 amide bonds. The Morgan fingerprint density at radius 3 is 2.89 bits per heavy atom. The van der Waals surface area contributed by atoms with Gasteiger partial charge in [0.05, 0.1) is 7.11 Å². The Hall–Kier alpha value is -1.12. The highest BCUT2D eigenvalue weighted by Crippen LogP contribution is 2.05. The molecule has 48 valence electrons. The first-order valence-electron chi connectivity index (χ1n) is 2.48. The largest absolute Gasteiger partial charge is 0.481 e. The van der Waals surface area contributed by atoms with E-state index in [0.717, 1.165) is 0 Å². The summed E-state index contributed by atoms with van der Waals surface area (Å²) in [6.45, 7) is 0. The summed E-state index contributed by atoms with van der Waals surface area (Å²) in [7, 11) is 1.45. The molecule has 0 aliphatic carbocycles. The van der Waals surface area contributed by atoms with E-state index in [9.17, 15) is 4.39 Å². The van der Waals surface area contributed by atoms with Gasteiger partial charge in [-0.2, -0.15) is 0 Å². The van der Waals surface area contributed by atoms with Crippen LogP contribution in [0, 0.1) is 5.82 Å². The van der Waals surface area contributed by atoms with E-state index in [2.05, 4.69) is 9.72 Å². The highest BCUT2D eigenvalue weighted by molar-refractivity contribution is 5.10. The van der Waals surface area contributed by atoms with Crippen LogP contribution < -0.4 is 4.74 Å². The molecular formula is C6H6FNO. The fourth-order valence-corrected chi connectivity index (χ4v) is 0.497. The molecular weight excluding hydrogens is 121 g/mol. The van der Waals surface area contributed by atoms with Crippen LogP contribution in [0.3, 0.4) is 0 Å². The van der Waals surface area contributed by atoms with E-state index in [0.29, 0.717) is 5.88 Å². The highest BCUT2D eigenvalue weighted by Gasteiger charge is 1.91. The first-order chi connectivity index (χ1) is 4.33. The molecule has 0 atom stereocenters. The van der Waals surface area contributed by atoms with Crippen LogP contribution >= 0.6 is 0 Å². The molecule has 3 heteroatoms. The Labute approximate surface area is 52.3 Å². The molecule has 2 nitrogen and oxygen atoms in total. The first-order valence-corrected chi connectivity index (χ1v) is 2.48. The van der Waals surface area contributed by atoms with Gasteiger partial charge in [0, 0.05) is 12.3 Å². The van der Waals surface area contributed by atoms with E-state index in [1.165, 1.54) is 25.4 Å². The molecule has 0 saturated heterocycles. The number of hydrogen-bond acceptors (Lipinski definition) is 2. The predicted molar refractivity (Wildman–Crippen MR) is 30.7 cm³/mol. The molecule has 0 saturated carbocycles. The zero-order valence-corrected chi connectivity index (χ0v) is 4.97. The highest BCUT2D eigenvalue weighted by atomic mass is 19.1. The van der Waals surface area contributed by atoms with Crippen molar-refractivity contribution >= 4 is 0 Å². The van der Waals surface area contributed by atoms with Crippen molar-refractivity contribution in [2.24, 2.45) is 0 Å². The molecule has 0 unspecified atom stereocenters. The Balaban J connectivity index is 2.94. The number of aromatic nitrogens is 1. The standard InChI is InChI=1S/C6H6FNO/c1-9-6-4-5(7)2-3-8-6/h2-4H,1H3. The summed E-state index contributed by atoms with van der Waals surface area (Å²) in [4.78, 5) is 3.70. The number of methoxy groups -OCH3 is 1. The lowest BCUT2D eigenvalue weighted by Gasteiger charge is -1.94. The molecule has 0 radical (unpaired) electrons. The molecule has 0 aliphatic rings. The number of halogens is 1. The van der Waals surface area contributed by atoms with Crippen molar-refractivity contribution in [3.63, 3.8) is 0 Å². The lowest BCUT2D eigenvalue weighted by atomic mass is 10.5. The van der Waals surface area contributed by atoms with Gasteiger partial charge in [0.15, 0.2) is 0 Å². The summed E-state index contributed by atoms with van der Waals surface area (Å²) in [5.74, 6) is -0.0307. The quantitative estimate of drug-likeness (QED) is 0.566. The molecule has 0 aliphatic heterocycles. The fourth-order valence-electron chi connectivity index (χ4n) is 0.497. The minimum Gasteiger partial charge on any atom is -0.481 e. The third-order valence-electron chi connectivity index (χ3n) is 0.906. The normalized spacial score (nSPS) is 9.11. The van der Waals surface area contributed by atoms with Gasteiger partial charge in [-0.1, -0.05) is 0 Å². The van der Waals surface area contributed by atoms with E-state index in [1.54, 1.807) is 0 Å². The topological polar surface area (TPSA) is 22.1 Å². The second kappa shape index (κ2) is 2.44. The maximum Gasteiger partial charge on any atom is 0.215 e. The van der Waals surface area contributed by atoms with Crippen molar-refractivity contribution in [2.75, 3.05) is 7.11 Å². The number of pyridine rings is 1. The summed E-state index contributed by atoms with van der Waals surface area (Å²) in [6, 6.07) is 2.49. The van der Waals surface area contributed by atoms with Crippen LogP contribution in [0.15, 0.2) is 18.3 Å². The summed E-state index contributed by atoms with van der Waals surface area (Å²) in [5.41, 5.74) is 0. The molecule has 9 heavy (non-hydrogen) atoms. The molecule has 1 heterocycles. The third kappa shape index (κ3) is 1.38. The predicted octanol–water partition coefficient (Wildman–Crippen LogP) is 1.23. The zero-order valence-electron chi connectivity index (χ0n) is 4.97. The molecule has 1 aromatic rings. The van der Waals surface area contributed by atoms with E-state index >= 15 is 0 Å². The second-order valence-corrected chi connectivity index (χ2v) is 1.52. The third-order valence-corrected chi connectivity index (χ3v) is 0.906. The fraction of sp³-hybridized carbons (Fsp3) is 0.167. The van der Waals surface area contributed by atoms with Gasteiger partial charge in [0.25, 0.3) is 0 Å². The van der Waals surface area contributed by atoms with Crippen molar-refractivity contribution in [1.29, 1.82) is 0 Å². The first kappa shape index (κ1) is 6.01. The van der Waals surface area contributed by atoms with Crippen molar-refractivity contribution < 1.29 is 9.13 Å². The summed E-state index contributed by atoms with van der Waals surface area (Å²) >= 11 is 0. The van der Waals surface area contributed by atoms with Gasteiger partial charge >= 0.3 is 0 Å². The van der Waals surface area contributed by atoms with Gasteiger partial charge in [-0.25, -0.2) is 9.37 Å². The Morgan fingerprint density at radius 1 is 1.67 bits per heavy atom. The molecule has 0 bridgehead atoms. The second-order valence-electron chi connectivity index (χ2n) is 1.52. The van der Waals surface area contributed by atoms with E-state index in [4.69, 9.17) is 0 Å². The van der Waals surface area contributed by atoms with Crippen molar-refractivity contribution in [3.05, 3.63) is 24.1 Å². The molecule has 0 fully saturated rings. The van der Waals surface area contributed by atoms with Gasteiger partial charge in [0.2, 0.25) is 5.88 Å². The van der Waals surface area contributed by atoms with E-state index in [-0.39, 0.29) is 5.82 Å². The average molecular weight is 127 g/mol. The van der Waals surface area contributed by atoms with Crippen LogP contribution in [-0.2, 0) is 0 Å². The number of rotatable bonds is 1. The smallest absolute Gasteiger partial charge is 0.215 e. The summed E-state index contributed by atoms with van der Waals surface area (Å²) in [5, 5.41) is 0. The van der Waals surface area contributed by atoms with Crippen LogP contribution in [0.1, 0.15) is 0 Å². The Bertz CT molecular complexity index is 202.